The third kappa shape index (κ3) is 6.45. The van der Waals surface area contributed by atoms with Gasteiger partial charge in [-0.25, -0.2) is 5.43 Å². The van der Waals surface area contributed by atoms with E-state index in [0.717, 1.165) is 29.4 Å². The smallest absolute Gasteiger partial charge is 0.276 e. The third-order valence-electron chi connectivity index (χ3n) is 6.01. The number of nitro benzene ring substituents is 1. The predicted molar refractivity (Wildman–Crippen MR) is 142 cm³/mol. The van der Waals surface area contributed by atoms with Crippen LogP contribution in [0.15, 0.2) is 64.9 Å². The predicted octanol–water partition coefficient (Wildman–Crippen LogP) is 5.57. The van der Waals surface area contributed by atoms with Gasteiger partial charge in [-0.1, -0.05) is 73.0 Å². The van der Waals surface area contributed by atoms with E-state index in [4.69, 9.17) is 0 Å². The molecule has 1 N–H and O–H groups in total. The second kappa shape index (κ2) is 12.3. The Hall–Kier alpha value is -3.79. The Morgan fingerprint density at radius 1 is 1.17 bits per heavy atom. The van der Waals surface area contributed by atoms with Crippen LogP contribution in [0, 0.1) is 17.0 Å². The number of rotatable bonds is 9. The summed E-state index contributed by atoms with van der Waals surface area (Å²) in [6.07, 6.45) is 10.3. The number of carbonyl (C=O) groups excluding carboxylic acids is 1. The highest BCUT2D eigenvalue weighted by molar-refractivity contribution is 7.99. The van der Waals surface area contributed by atoms with Crippen LogP contribution in [0.1, 0.15) is 49.3 Å². The zero-order valence-electron chi connectivity index (χ0n) is 20.0. The molecule has 0 radical (unpaired) electrons. The van der Waals surface area contributed by atoms with Crippen molar-refractivity contribution in [1.29, 1.82) is 0 Å². The second-order valence-electron chi connectivity index (χ2n) is 8.61. The summed E-state index contributed by atoms with van der Waals surface area (Å²) in [7, 11) is 0. The molecule has 0 aliphatic heterocycles. The van der Waals surface area contributed by atoms with Crippen molar-refractivity contribution in [2.24, 2.45) is 5.10 Å². The van der Waals surface area contributed by atoms with E-state index in [2.05, 4.69) is 56.5 Å². The molecule has 9 nitrogen and oxygen atoms in total. The zero-order chi connectivity index (χ0) is 25.3. The average molecular weight is 505 g/mol. The first kappa shape index (κ1) is 25.3. The first-order chi connectivity index (χ1) is 17.5. The third-order valence-corrected chi connectivity index (χ3v) is 6.95. The summed E-state index contributed by atoms with van der Waals surface area (Å²) < 4.78 is 2.19. The van der Waals surface area contributed by atoms with Gasteiger partial charge in [0.1, 0.15) is 0 Å². The standard InChI is InChI=1S/C26H28N6O3S/c1-19-13-15-21(16-14-19)25-29-30-26(31(25)22-10-3-2-4-11-22)36-18-24(33)28-27-17-7-9-20-8-5-6-12-23(20)32(34)35/h5-9,12-17,22H,2-4,10-11,18H2,1H3,(H,28,33). The van der Waals surface area contributed by atoms with Crippen molar-refractivity contribution in [2.75, 3.05) is 5.75 Å². The van der Waals surface area contributed by atoms with Gasteiger partial charge in [-0.3, -0.25) is 19.5 Å². The van der Waals surface area contributed by atoms with Crippen LogP contribution in [-0.2, 0) is 4.79 Å². The number of aromatic nitrogens is 3. The van der Waals surface area contributed by atoms with Gasteiger partial charge < -0.3 is 0 Å². The second-order valence-corrected chi connectivity index (χ2v) is 9.55. The Balaban J connectivity index is 1.39. The molecule has 1 aromatic heterocycles. The quantitative estimate of drug-likeness (QED) is 0.176. The van der Waals surface area contributed by atoms with Gasteiger partial charge in [0.15, 0.2) is 11.0 Å². The van der Waals surface area contributed by atoms with Crippen molar-refractivity contribution < 1.29 is 9.72 Å². The van der Waals surface area contributed by atoms with Crippen molar-refractivity contribution in [3.8, 4) is 11.4 Å². The summed E-state index contributed by atoms with van der Waals surface area (Å²) in [5, 5.41) is 24.6. The van der Waals surface area contributed by atoms with Gasteiger partial charge in [-0.15, -0.1) is 10.2 Å². The van der Waals surface area contributed by atoms with Gasteiger partial charge in [0.05, 0.1) is 16.2 Å². The minimum absolute atomic E-state index is 0.00895. The van der Waals surface area contributed by atoms with E-state index >= 15 is 0 Å². The molecule has 0 saturated heterocycles. The largest absolute Gasteiger partial charge is 0.299 e. The molecular weight excluding hydrogens is 476 g/mol. The van der Waals surface area contributed by atoms with Gasteiger partial charge in [0.2, 0.25) is 0 Å². The van der Waals surface area contributed by atoms with Gasteiger partial charge in [0, 0.05) is 23.9 Å². The number of nitro groups is 1. The minimum atomic E-state index is -0.438. The summed E-state index contributed by atoms with van der Waals surface area (Å²) in [6, 6.07) is 15.0. The number of hydrogen-bond donors (Lipinski definition) is 1. The summed E-state index contributed by atoms with van der Waals surface area (Å²) in [5.41, 5.74) is 5.16. The fourth-order valence-corrected chi connectivity index (χ4v) is 5.00. The van der Waals surface area contributed by atoms with Crippen LogP contribution >= 0.6 is 11.8 Å². The molecule has 0 unspecified atom stereocenters. The monoisotopic (exact) mass is 504 g/mol. The first-order valence-electron chi connectivity index (χ1n) is 11.9. The zero-order valence-corrected chi connectivity index (χ0v) is 20.9. The summed E-state index contributed by atoms with van der Waals surface area (Å²) in [4.78, 5) is 23.0. The molecule has 3 aromatic rings. The number of para-hydroxylation sites is 1. The lowest BCUT2D eigenvalue weighted by molar-refractivity contribution is -0.385. The molecule has 0 bridgehead atoms. The van der Waals surface area contributed by atoms with Gasteiger partial charge >= 0.3 is 0 Å². The highest BCUT2D eigenvalue weighted by atomic mass is 32.2. The SMILES string of the molecule is Cc1ccc(-c2nnc(SCC(=O)NN=CC=Cc3ccccc3[N+](=O)[O-])n2C2CCCCC2)cc1. The number of hydrogen-bond acceptors (Lipinski definition) is 7. The number of aryl methyl sites for hydroxylation is 1. The van der Waals surface area contributed by atoms with Crippen LogP contribution in [0.25, 0.3) is 17.5 Å². The lowest BCUT2D eigenvalue weighted by Gasteiger charge is -2.25. The molecular formula is C26H28N6O3S. The summed E-state index contributed by atoms with van der Waals surface area (Å²) >= 11 is 1.34. The average Bonchev–Trinajstić information content (AvgIpc) is 3.32. The number of allylic oxidation sites excluding steroid dienone is 1. The first-order valence-corrected chi connectivity index (χ1v) is 12.9. The minimum Gasteiger partial charge on any atom is -0.299 e. The van der Waals surface area contributed by atoms with Gasteiger partial charge in [-0.2, -0.15) is 5.10 Å². The lowest BCUT2D eigenvalue weighted by Crippen LogP contribution is -2.20. The van der Waals surface area contributed by atoms with Crippen molar-refractivity contribution >= 4 is 35.6 Å². The molecule has 0 atom stereocenters. The molecule has 186 valence electrons. The van der Waals surface area contributed by atoms with Crippen LogP contribution in [-0.4, -0.2) is 37.6 Å². The Labute approximate surface area is 213 Å². The molecule has 1 saturated carbocycles. The molecule has 1 heterocycles. The number of thioether (sulfide) groups is 1. The van der Waals surface area contributed by atoms with E-state index in [-0.39, 0.29) is 17.3 Å². The fourth-order valence-electron chi connectivity index (χ4n) is 4.20. The van der Waals surface area contributed by atoms with Crippen molar-refractivity contribution in [3.63, 3.8) is 0 Å². The lowest BCUT2D eigenvalue weighted by atomic mass is 9.95. The summed E-state index contributed by atoms with van der Waals surface area (Å²) in [5.74, 6) is 0.706. The van der Waals surface area contributed by atoms with Crippen LogP contribution in [0.4, 0.5) is 5.69 Å². The molecule has 1 amide bonds. The van der Waals surface area contributed by atoms with E-state index < -0.39 is 4.92 Å². The normalized spacial score (nSPS) is 14.5. The highest BCUT2D eigenvalue weighted by Gasteiger charge is 2.24. The fraction of sp³-hybridized carbons (Fsp3) is 0.308. The Morgan fingerprint density at radius 2 is 1.92 bits per heavy atom. The molecule has 0 spiro atoms. The van der Waals surface area contributed by atoms with E-state index in [1.54, 1.807) is 30.4 Å². The van der Waals surface area contributed by atoms with Crippen LogP contribution in [0.5, 0.6) is 0 Å². The summed E-state index contributed by atoms with van der Waals surface area (Å²) in [6.45, 7) is 2.05. The molecule has 1 aliphatic rings. The maximum Gasteiger partial charge on any atom is 0.276 e. The molecule has 2 aromatic carbocycles. The topological polar surface area (TPSA) is 115 Å². The number of nitrogens with one attached hydrogen (secondary N) is 1. The molecule has 1 fully saturated rings. The van der Waals surface area contributed by atoms with Crippen LogP contribution < -0.4 is 5.43 Å². The van der Waals surface area contributed by atoms with Crippen molar-refractivity contribution in [3.05, 3.63) is 75.8 Å². The highest BCUT2D eigenvalue weighted by Crippen LogP contribution is 2.35. The van der Waals surface area contributed by atoms with Crippen molar-refractivity contribution in [2.45, 2.75) is 50.2 Å². The Kier molecular flexibility index (Phi) is 8.62. The van der Waals surface area contributed by atoms with Crippen LogP contribution in [0.2, 0.25) is 0 Å². The Bertz CT molecular complexity index is 1260. The van der Waals surface area contributed by atoms with E-state index in [9.17, 15) is 14.9 Å². The molecule has 1 aliphatic carbocycles. The number of benzene rings is 2. The number of amides is 1. The van der Waals surface area contributed by atoms with E-state index in [0.29, 0.717) is 11.6 Å². The maximum atomic E-state index is 12.4. The van der Waals surface area contributed by atoms with E-state index in [1.165, 1.54) is 48.9 Å². The number of carbonyl (C=O) groups is 1. The molecule has 4 rings (SSSR count). The van der Waals surface area contributed by atoms with Crippen molar-refractivity contribution in [1.82, 2.24) is 20.2 Å². The van der Waals surface area contributed by atoms with Gasteiger partial charge in [-0.05, 0) is 38.0 Å². The van der Waals surface area contributed by atoms with Crippen LogP contribution in [0.3, 0.4) is 0 Å². The molecule has 36 heavy (non-hydrogen) atoms. The van der Waals surface area contributed by atoms with E-state index in [1.807, 2.05) is 0 Å². The molecule has 10 heteroatoms. The van der Waals surface area contributed by atoms with Gasteiger partial charge in [0.25, 0.3) is 11.6 Å². The maximum absolute atomic E-state index is 12.4. The number of hydrazone groups is 1. The number of nitrogens with zero attached hydrogens (tertiary/aromatic N) is 5. The Morgan fingerprint density at radius 3 is 2.67 bits per heavy atom.